The number of aryl methyl sites for hydroxylation is 1. The maximum absolute atomic E-state index is 5.49. The van der Waals surface area contributed by atoms with Gasteiger partial charge in [-0.1, -0.05) is 42.0 Å². The van der Waals surface area contributed by atoms with E-state index in [1.165, 1.54) is 16.7 Å². The molecule has 0 saturated carbocycles. The van der Waals surface area contributed by atoms with Crippen molar-refractivity contribution in [3.63, 3.8) is 0 Å². The molecule has 1 N–H and O–H groups in total. The van der Waals surface area contributed by atoms with E-state index in [0.717, 1.165) is 12.2 Å². The first-order chi connectivity index (χ1) is 9.72. The fourth-order valence-electron chi connectivity index (χ4n) is 2.42. The van der Waals surface area contributed by atoms with Gasteiger partial charge < -0.3 is 10.1 Å². The summed E-state index contributed by atoms with van der Waals surface area (Å²) >= 11 is 0. The molecule has 0 fully saturated rings. The smallest absolute Gasteiger partial charge is 0.119 e. The third-order valence-electron chi connectivity index (χ3n) is 3.46. The molecule has 20 heavy (non-hydrogen) atoms. The Labute approximate surface area is 121 Å². The summed E-state index contributed by atoms with van der Waals surface area (Å²) in [5.74, 6) is 0.932. The predicted octanol–water partition coefficient (Wildman–Crippen LogP) is 3.90. The third kappa shape index (κ3) is 3.84. The molecule has 0 spiro atoms. The minimum absolute atomic E-state index is 0.326. The van der Waals surface area contributed by atoms with Gasteiger partial charge in [0.25, 0.3) is 0 Å². The minimum Gasteiger partial charge on any atom is -0.494 e. The molecule has 1 atom stereocenters. The van der Waals surface area contributed by atoms with Crippen LogP contribution >= 0.6 is 0 Å². The summed E-state index contributed by atoms with van der Waals surface area (Å²) < 4.78 is 5.49. The largest absolute Gasteiger partial charge is 0.494 e. The first kappa shape index (κ1) is 14.6. The number of rotatable bonds is 6. The van der Waals surface area contributed by atoms with Crippen LogP contribution in [0.5, 0.6) is 5.75 Å². The maximum atomic E-state index is 5.49. The maximum Gasteiger partial charge on any atom is 0.119 e. The highest BCUT2D eigenvalue weighted by Crippen LogP contribution is 2.21. The average molecular weight is 269 g/mol. The Morgan fingerprint density at radius 1 is 1.10 bits per heavy atom. The zero-order valence-corrected chi connectivity index (χ0v) is 12.5. The topological polar surface area (TPSA) is 21.3 Å². The summed E-state index contributed by atoms with van der Waals surface area (Å²) in [6.45, 7) is 4.84. The van der Waals surface area contributed by atoms with Gasteiger partial charge in [-0.2, -0.15) is 0 Å². The standard InChI is InChI=1S/C18H23NO/c1-4-20-17-10-8-16(9-11-17)18(19-3)13-15-7-5-6-14(2)12-15/h5-12,18-19H,4,13H2,1-3H3. The summed E-state index contributed by atoms with van der Waals surface area (Å²) in [4.78, 5) is 0. The van der Waals surface area contributed by atoms with Crippen molar-refractivity contribution in [2.75, 3.05) is 13.7 Å². The summed E-state index contributed by atoms with van der Waals surface area (Å²) in [6, 6.07) is 17.4. The van der Waals surface area contributed by atoms with E-state index in [0.29, 0.717) is 12.6 Å². The molecule has 0 bridgehead atoms. The molecule has 2 aromatic rings. The molecule has 0 saturated heterocycles. The highest BCUT2D eigenvalue weighted by molar-refractivity contribution is 5.31. The van der Waals surface area contributed by atoms with E-state index in [2.05, 4.69) is 48.6 Å². The molecule has 1 unspecified atom stereocenters. The van der Waals surface area contributed by atoms with Gasteiger partial charge in [-0.25, -0.2) is 0 Å². The van der Waals surface area contributed by atoms with Crippen LogP contribution in [0.1, 0.15) is 29.7 Å². The van der Waals surface area contributed by atoms with E-state index < -0.39 is 0 Å². The average Bonchev–Trinajstić information content (AvgIpc) is 2.46. The Morgan fingerprint density at radius 3 is 2.45 bits per heavy atom. The number of benzene rings is 2. The van der Waals surface area contributed by atoms with Gasteiger partial charge in [0.2, 0.25) is 0 Å². The summed E-state index contributed by atoms with van der Waals surface area (Å²) in [7, 11) is 2.01. The van der Waals surface area contributed by atoms with Crippen molar-refractivity contribution < 1.29 is 4.74 Å². The van der Waals surface area contributed by atoms with Gasteiger partial charge in [-0.3, -0.25) is 0 Å². The van der Waals surface area contributed by atoms with Crippen molar-refractivity contribution in [2.45, 2.75) is 26.3 Å². The van der Waals surface area contributed by atoms with Crippen LogP contribution in [-0.4, -0.2) is 13.7 Å². The number of hydrogen-bond acceptors (Lipinski definition) is 2. The highest BCUT2D eigenvalue weighted by atomic mass is 16.5. The van der Waals surface area contributed by atoms with Crippen molar-refractivity contribution in [1.82, 2.24) is 5.32 Å². The van der Waals surface area contributed by atoms with Crippen molar-refractivity contribution in [2.24, 2.45) is 0 Å². The number of hydrogen-bond donors (Lipinski definition) is 1. The lowest BCUT2D eigenvalue weighted by atomic mass is 9.98. The van der Waals surface area contributed by atoms with Crippen LogP contribution in [0.2, 0.25) is 0 Å². The van der Waals surface area contributed by atoms with Gasteiger partial charge in [-0.15, -0.1) is 0 Å². The van der Waals surface area contributed by atoms with Gasteiger partial charge in [-0.05, 0) is 50.6 Å². The number of likely N-dealkylation sites (N-methyl/N-ethyl adjacent to an activating group) is 1. The van der Waals surface area contributed by atoms with E-state index in [1.807, 2.05) is 26.1 Å². The van der Waals surface area contributed by atoms with Crippen LogP contribution in [-0.2, 0) is 6.42 Å². The van der Waals surface area contributed by atoms with Crippen molar-refractivity contribution in [3.05, 3.63) is 65.2 Å². The van der Waals surface area contributed by atoms with Crippen molar-refractivity contribution >= 4 is 0 Å². The monoisotopic (exact) mass is 269 g/mol. The van der Waals surface area contributed by atoms with E-state index in [1.54, 1.807) is 0 Å². The van der Waals surface area contributed by atoms with Gasteiger partial charge in [0.1, 0.15) is 5.75 Å². The van der Waals surface area contributed by atoms with Gasteiger partial charge in [0.15, 0.2) is 0 Å². The summed E-state index contributed by atoms with van der Waals surface area (Å²) in [5, 5.41) is 3.40. The third-order valence-corrected chi connectivity index (χ3v) is 3.46. The zero-order chi connectivity index (χ0) is 14.4. The SMILES string of the molecule is CCOc1ccc(C(Cc2cccc(C)c2)NC)cc1. The Balaban J connectivity index is 2.11. The molecule has 0 aliphatic rings. The first-order valence-corrected chi connectivity index (χ1v) is 7.18. The first-order valence-electron chi connectivity index (χ1n) is 7.18. The second-order valence-corrected chi connectivity index (χ2v) is 5.04. The molecule has 2 nitrogen and oxygen atoms in total. The molecule has 2 aromatic carbocycles. The van der Waals surface area contributed by atoms with E-state index in [9.17, 15) is 0 Å². The number of ether oxygens (including phenoxy) is 1. The quantitative estimate of drug-likeness (QED) is 0.859. The van der Waals surface area contributed by atoms with Gasteiger partial charge in [0, 0.05) is 6.04 Å². The molecule has 0 radical (unpaired) electrons. The van der Waals surface area contributed by atoms with E-state index in [4.69, 9.17) is 4.74 Å². The molecule has 2 heteroatoms. The second kappa shape index (κ2) is 7.11. The Bertz CT molecular complexity index is 533. The van der Waals surface area contributed by atoms with Gasteiger partial charge >= 0.3 is 0 Å². The van der Waals surface area contributed by atoms with Crippen molar-refractivity contribution in [1.29, 1.82) is 0 Å². The predicted molar refractivity (Wildman–Crippen MR) is 84.3 cm³/mol. The van der Waals surface area contributed by atoms with Crippen LogP contribution in [0.4, 0.5) is 0 Å². The summed E-state index contributed by atoms with van der Waals surface area (Å²) in [6.07, 6.45) is 0.992. The van der Waals surface area contributed by atoms with Crippen LogP contribution in [0.15, 0.2) is 48.5 Å². The second-order valence-electron chi connectivity index (χ2n) is 5.04. The molecule has 0 aliphatic carbocycles. The fourth-order valence-corrected chi connectivity index (χ4v) is 2.42. The van der Waals surface area contributed by atoms with Crippen LogP contribution in [0.25, 0.3) is 0 Å². The molecule has 106 valence electrons. The Hall–Kier alpha value is -1.80. The molecule has 0 amide bonds. The number of nitrogens with one attached hydrogen (secondary N) is 1. The highest BCUT2D eigenvalue weighted by Gasteiger charge is 2.10. The normalized spacial score (nSPS) is 12.2. The molecular weight excluding hydrogens is 246 g/mol. The molecule has 2 rings (SSSR count). The zero-order valence-electron chi connectivity index (χ0n) is 12.5. The summed E-state index contributed by atoms with van der Waals surface area (Å²) in [5.41, 5.74) is 3.96. The van der Waals surface area contributed by atoms with E-state index >= 15 is 0 Å². The van der Waals surface area contributed by atoms with Gasteiger partial charge in [0.05, 0.1) is 6.61 Å². The molecule has 0 heterocycles. The molecular formula is C18H23NO. The molecule has 0 aromatic heterocycles. The fraction of sp³-hybridized carbons (Fsp3) is 0.333. The Kier molecular flexibility index (Phi) is 5.19. The van der Waals surface area contributed by atoms with E-state index in [-0.39, 0.29) is 0 Å². The van der Waals surface area contributed by atoms with Crippen molar-refractivity contribution in [3.8, 4) is 5.75 Å². The minimum atomic E-state index is 0.326. The molecule has 0 aliphatic heterocycles. The Morgan fingerprint density at radius 2 is 1.85 bits per heavy atom. The lowest BCUT2D eigenvalue weighted by Crippen LogP contribution is -2.18. The van der Waals surface area contributed by atoms with Crippen LogP contribution < -0.4 is 10.1 Å². The lowest BCUT2D eigenvalue weighted by Gasteiger charge is -2.17. The van der Waals surface area contributed by atoms with Crippen LogP contribution in [0, 0.1) is 6.92 Å². The van der Waals surface area contributed by atoms with Crippen LogP contribution in [0.3, 0.4) is 0 Å². The lowest BCUT2D eigenvalue weighted by molar-refractivity contribution is 0.340.